The van der Waals surface area contributed by atoms with Crippen LogP contribution in [0.4, 0.5) is 0 Å². The first-order valence-corrected chi connectivity index (χ1v) is 9.53. The number of hydrogen-bond donors (Lipinski definition) is 0. The molecule has 132 valence electrons. The second-order valence-corrected chi connectivity index (χ2v) is 6.94. The molecule has 0 radical (unpaired) electrons. The van der Waals surface area contributed by atoms with E-state index in [-0.39, 0.29) is 0 Å². The first kappa shape index (κ1) is 18.2. The average Bonchev–Trinajstić information content (AvgIpc) is 2.74. The molecular weight excluding hydrogens is 383 g/mol. The minimum Gasteiger partial charge on any atom is -0.0823 e. The number of fused-ring (bicyclic) bond motifs is 1. The maximum absolute atomic E-state index is 6.61. The lowest BCUT2D eigenvalue weighted by molar-refractivity contribution is 1.63. The Kier molecular flexibility index (Phi) is 5.36. The van der Waals surface area contributed by atoms with E-state index >= 15 is 0 Å². The summed E-state index contributed by atoms with van der Waals surface area (Å²) >= 11 is 13.2. The van der Waals surface area contributed by atoms with Gasteiger partial charge in [0.2, 0.25) is 0 Å². The lowest BCUT2D eigenvalue weighted by Gasteiger charge is -2.06. The van der Waals surface area contributed by atoms with Crippen LogP contribution in [0.1, 0.15) is 22.3 Å². The van der Waals surface area contributed by atoms with Crippen molar-refractivity contribution < 1.29 is 0 Å². The Morgan fingerprint density at radius 3 is 1.21 bits per heavy atom. The van der Waals surface area contributed by atoms with E-state index in [4.69, 9.17) is 23.2 Å². The molecule has 2 heteroatoms. The van der Waals surface area contributed by atoms with Gasteiger partial charge in [0.1, 0.15) is 0 Å². The van der Waals surface area contributed by atoms with Crippen molar-refractivity contribution in [1.82, 2.24) is 0 Å². The van der Waals surface area contributed by atoms with Crippen LogP contribution >= 0.6 is 23.2 Å². The largest absolute Gasteiger partial charge is 0.0823 e. The van der Waals surface area contributed by atoms with E-state index in [9.17, 15) is 0 Å². The zero-order valence-corrected chi connectivity index (χ0v) is 16.4. The van der Waals surface area contributed by atoms with E-state index in [1.165, 1.54) is 0 Å². The van der Waals surface area contributed by atoms with Crippen LogP contribution in [0.15, 0.2) is 84.9 Å². The summed E-state index contributed by atoms with van der Waals surface area (Å²) in [5, 5.41) is 2.95. The van der Waals surface area contributed by atoms with Gasteiger partial charge in [0.25, 0.3) is 0 Å². The lowest BCUT2D eigenvalue weighted by atomic mass is 10.0. The highest BCUT2D eigenvalue weighted by atomic mass is 35.5. The van der Waals surface area contributed by atoms with Crippen molar-refractivity contribution in [3.63, 3.8) is 0 Å². The van der Waals surface area contributed by atoms with Crippen molar-refractivity contribution in [2.75, 3.05) is 0 Å². The molecule has 0 nitrogen and oxygen atoms in total. The van der Waals surface area contributed by atoms with Crippen molar-refractivity contribution >= 4 is 34.0 Å². The van der Waals surface area contributed by atoms with Crippen molar-refractivity contribution in [3.05, 3.63) is 117 Å². The number of rotatable bonds is 0. The van der Waals surface area contributed by atoms with E-state index in [1.807, 2.05) is 84.9 Å². The highest BCUT2D eigenvalue weighted by Crippen LogP contribution is 2.33. The molecule has 0 saturated heterocycles. The van der Waals surface area contributed by atoms with Gasteiger partial charge in [-0.3, -0.25) is 0 Å². The van der Waals surface area contributed by atoms with Gasteiger partial charge in [-0.2, -0.15) is 0 Å². The van der Waals surface area contributed by atoms with Gasteiger partial charge >= 0.3 is 0 Å². The molecule has 0 unspecified atom stereocenters. The van der Waals surface area contributed by atoms with E-state index in [0.29, 0.717) is 10.0 Å². The molecule has 4 rings (SSSR count). The third kappa shape index (κ3) is 3.90. The van der Waals surface area contributed by atoms with Gasteiger partial charge in [0.15, 0.2) is 0 Å². The molecule has 28 heavy (non-hydrogen) atoms. The smallest absolute Gasteiger partial charge is 0.0641 e. The van der Waals surface area contributed by atoms with Crippen molar-refractivity contribution in [2.24, 2.45) is 0 Å². The summed E-state index contributed by atoms with van der Waals surface area (Å²) in [7, 11) is 0. The Balaban J connectivity index is 1.73. The van der Waals surface area contributed by atoms with Crippen LogP contribution in [0.2, 0.25) is 10.0 Å². The first-order chi connectivity index (χ1) is 13.7. The summed E-state index contributed by atoms with van der Waals surface area (Å²) in [6, 6.07) is 27.4. The van der Waals surface area contributed by atoms with Crippen LogP contribution in [-0.4, -0.2) is 0 Å². The van der Waals surface area contributed by atoms with E-state index in [0.717, 1.165) is 33.0 Å². The fourth-order valence-electron chi connectivity index (χ4n) is 2.85. The van der Waals surface area contributed by atoms with Crippen LogP contribution in [0, 0.1) is 23.7 Å². The van der Waals surface area contributed by atoms with Crippen LogP contribution in [-0.2, 0) is 0 Å². The highest BCUT2D eigenvalue weighted by molar-refractivity contribution is 6.41. The Morgan fingerprint density at radius 1 is 0.429 bits per heavy atom. The molecule has 0 N–H and O–H groups in total. The Morgan fingerprint density at radius 2 is 0.821 bits per heavy atom. The molecule has 0 heterocycles. The second-order valence-electron chi connectivity index (χ2n) is 6.18. The molecule has 0 aliphatic rings. The number of benzene rings is 4. The van der Waals surface area contributed by atoms with Gasteiger partial charge in [-0.05, 0) is 36.4 Å². The minimum atomic E-state index is 0.602. The average molecular weight is 397 g/mol. The van der Waals surface area contributed by atoms with Crippen molar-refractivity contribution in [2.45, 2.75) is 0 Å². The molecule has 0 saturated carbocycles. The molecule has 4 aromatic carbocycles. The monoisotopic (exact) mass is 396 g/mol. The molecule has 4 aromatic rings. The van der Waals surface area contributed by atoms with Crippen LogP contribution in [0.25, 0.3) is 10.8 Å². The molecular formula is C26H14Cl2. The third-order valence-electron chi connectivity index (χ3n) is 4.30. The van der Waals surface area contributed by atoms with Crippen LogP contribution in [0.3, 0.4) is 0 Å². The standard InChI is InChI=1S/C26H14Cl2/c27-25-21(13-11-19-7-3-1-4-8-19)15-17-24-23(25)18-16-22(26(24)28)14-12-20-9-5-2-6-10-20/h1-10,15-18H. The van der Waals surface area contributed by atoms with Crippen molar-refractivity contribution in [1.29, 1.82) is 0 Å². The predicted octanol–water partition coefficient (Wildman–Crippen LogP) is 6.95. The summed E-state index contributed by atoms with van der Waals surface area (Å²) in [4.78, 5) is 0. The Bertz CT molecular complexity index is 1160. The molecule has 0 amide bonds. The quantitative estimate of drug-likeness (QED) is 0.282. The normalized spacial score (nSPS) is 9.93. The Hall–Kier alpha value is -3.16. The van der Waals surface area contributed by atoms with Gasteiger partial charge in [0.05, 0.1) is 10.0 Å². The van der Waals surface area contributed by atoms with E-state index < -0.39 is 0 Å². The first-order valence-electron chi connectivity index (χ1n) is 8.77. The molecule has 0 aliphatic heterocycles. The van der Waals surface area contributed by atoms with Crippen LogP contribution in [0.5, 0.6) is 0 Å². The summed E-state index contributed by atoms with van der Waals surface area (Å²) in [6.07, 6.45) is 0. The zero-order valence-electron chi connectivity index (χ0n) is 14.8. The second kappa shape index (κ2) is 8.24. The summed E-state index contributed by atoms with van der Waals surface area (Å²) in [5.41, 5.74) is 3.45. The van der Waals surface area contributed by atoms with Crippen LogP contribution < -0.4 is 0 Å². The van der Waals surface area contributed by atoms with E-state index in [2.05, 4.69) is 23.7 Å². The van der Waals surface area contributed by atoms with Crippen molar-refractivity contribution in [3.8, 4) is 23.7 Å². The third-order valence-corrected chi connectivity index (χ3v) is 5.11. The minimum absolute atomic E-state index is 0.602. The van der Waals surface area contributed by atoms with Gasteiger partial charge in [-0.15, -0.1) is 0 Å². The molecule has 0 fully saturated rings. The molecule has 0 spiro atoms. The maximum atomic E-state index is 6.61. The highest BCUT2D eigenvalue weighted by Gasteiger charge is 2.09. The maximum Gasteiger partial charge on any atom is 0.0641 e. The van der Waals surface area contributed by atoms with E-state index in [1.54, 1.807) is 0 Å². The summed E-state index contributed by atoms with van der Waals surface area (Å²) < 4.78 is 0. The molecule has 0 aromatic heterocycles. The Labute approximate surface area is 174 Å². The number of halogens is 2. The molecule has 0 aliphatic carbocycles. The van der Waals surface area contributed by atoms with Gasteiger partial charge < -0.3 is 0 Å². The fourth-order valence-corrected chi connectivity index (χ4v) is 3.40. The fraction of sp³-hybridized carbons (Fsp3) is 0. The van der Waals surface area contributed by atoms with Gasteiger partial charge in [0, 0.05) is 33.0 Å². The SMILES string of the molecule is Clc1c(C#Cc2ccccc2)ccc2c(Cl)c(C#Cc3ccccc3)ccc12. The number of hydrogen-bond acceptors (Lipinski definition) is 0. The predicted molar refractivity (Wildman–Crippen MR) is 119 cm³/mol. The molecule has 0 bridgehead atoms. The van der Waals surface area contributed by atoms with Gasteiger partial charge in [-0.25, -0.2) is 0 Å². The van der Waals surface area contributed by atoms with Gasteiger partial charge in [-0.1, -0.05) is 95.4 Å². The topological polar surface area (TPSA) is 0 Å². The summed E-state index contributed by atoms with van der Waals surface area (Å²) in [5.74, 6) is 12.6. The molecule has 0 atom stereocenters. The summed E-state index contributed by atoms with van der Waals surface area (Å²) in [6.45, 7) is 0. The zero-order chi connectivity index (χ0) is 19.3. The lowest BCUT2D eigenvalue weighted by Crippen LogP contribution is -1.86.